The number of carbonyl (C=O) groups is 1. The van der Waals surface area contributed by atoms with Crippen LogP contribution in [0.5, 0.6) is 0 Å². The van der Waals surface area contributed by atoms with Crippen LogP contribution in [0.2, 0.25) is 0 Å². The number of aliphatic hydroxyl groups excluding tert-OH is 1. The molecule has 3 aromatic rings. The van der Waals surface area contributed by atoms with Crippen molar-refractivity contribution in [1.82, 2.24) is 4.90 Å². The number of likely N-dealkylation sites (tertiary alicyclic amines) is 1. The van der Waals surface area contributed by atoms with Crippen LogP contribution in [0.4, 0.5) is 0 Å². The quantitative estimate of drug-likeness (QED) is 0.417. The summed E-state index contributed by atoms with van der Waals surface area (Å²) in [4.78, 5) is 14.4. The zero-order chi connectivity index (χ0) is 22.4. The molecule has 1 atom stereocenters. The van der Waals surface area contributed by atoms with Gasteiger partial charge in [-0.05, 0) is 28.7 Å². The molecule has 1 aliphatic heterocycles. The number of benzene rings is 3. The van der Waals surface area contributed by atoms with Crippen molar-refractivity contribution in [2.75, 3.05) is 19.7 Å². The van der Waals surface area contributed by atoms with Crippen molar-refractivity contribution in [2.24, 2.45) is 0 Å². The van der Waals surface area contributed by atoms with Gasteiger partial charge in [0.05, 0.1) is 12.1 Å². The monoisotopic (exact) mass is 443 g/mol. The predicted molar refractivity (Wildman–Crippen MR) is 133 cm³/mol. The molecular formula is C28H29NO2S. The molecule has 3 nitrogen and oxygen atoms in total. The zero-order valence-corrected chi connectivity index (χ0v) is 19.2. The predicted octanol–water partition coefficient (Wildman–Crippen LogP) is 5.25. The molecule has 0 unspecified atom stereocenters. The van der Waals surface area contributed by atoms with Gasteiger partial charge in [-0.1, -0.05) is 109 Å². The fraction of sp³-hybridized carbons (Fsp3) is 0.250. The lowest BCUT2D eigenvalue weighted by Gasteiger charge is -2.49. The Kier molecular flexibility index (Phi) is 7.26. The molecule has 164 valence electrons. The lowest BCUT2D eigenvalue weighted by molar-refractivity contribution is -0.109. The Bertz CT molecular complexity index is 954. The zero-order valence-electron chi connectivity index (χ0n) is 18.4. The molecule has 1 aliphatic rings. The number of aliphatic hydroxyl groups is 1. The maximum atomic E-state index is 11.9. The minimum absolute atomic E-state index is 0.0207. The number of carbonyl (C=O) groups excluding carboxylic acids is 1. The lowest BCUT2D eigenvalue weighted by atomic mass is 9.74. The van der Waals surface area contributed by atoms with Crippen LogP contribution in [0.3, 0.4) is 0 Å². The maximum absolute atomic E-state index is 11.9. The number of hydrogen-bond acceptors (Lipinski definition) is 4. The van der Waals surface area contributed by atoms with E-state index in [1.165, 1.54) is 28.5 Å². The standard InChI is InChI=1S/C28H29NO2S/c1-22(31)32-27-17-19-29(21-23(27)18-20-30)28(24-11-5-2-6-12-24,25-13-7-3-8-14-25)26-15-9-4-10-16-26/h2-16,18,27,30H,17,19-21H2,1H3/b23-18-/t27-/m0/s1. The Balaban J connectivity index is 1.90. The van der Waals surface area contributed by atoms with Gasteiger partial charge in [0, 0.05) is 25.3 Å². The van der Waals surface area contributed by atoms with Crippen LogP contribution in [-0.4, -0.2) is 40.1 Å². The maximum Gasteiger partial charge on any atom is 0.186 e. The van der Waals surface area contributed by atoms with Gasteiger partial charge in [-0.3, -0.25) is 9.69 Å². The topological polar surface area (TPSA) is 40.5 Å². The largest absolute Gasteiger partial charge is 0.392 e. The van der Waals surface area contributed by atoms with E-state index in [2.05, 4.69) is 95.9 Å². The summed E-state index contributed by atoms with van der Waals surface area (Å²) in [6.45, 7) is 3.12. The van der Waals surface area contributed by atoms with Crippen LogP contribution in [0, 0.1) is 0 Å². The van der Waals surface area contributed by atoms with Gasteiger partial charge in [-0.25, -0.2) is 0 Å². The summed E-state index contributed by atoms with van der Waals surface area (Å²) in [6.07, 6.45) is 2.74. The molecule has 1 saturated heterocycles. The summed E-state index contributed by atoms with van der Waals surface area (Å²) < 4.78 is 0. The van der Waals surface area contributed by atoms with Crippen molar-refractivity contribution in [1.29, 1.82) is 0 Å². The molecule has 1 N–H and O–H groups in total. The summed E-state index contributed by atoms with van der Waals surface area (Å²) in [5, 5.41) is 9.95. The fourth-order valence-corrected chi connectivity index (χ4v) is 5.83. The van der Waals surface area contributed by atoms with Gasteiger partial charge in [0.2, 0.25) is 0 Å². The van der Waals surface area contributed by atoms with E-state index >= 15 is 0 Å². The van der Waals surface area contributed by atoms with Gasteiger partial charge in [0.15, 0.2) is 5.12 Å². The first kappa shape index (κ1) is 22.5. The Morgan fingerprint density at radius 3 is 1.81 bits per heavy atom. The summed E-state index contributed by atoms with van der Waals surface area (Å²) in [6, 6.07) is 31.9. The molecule has 0 radical (unpaired) electrons. The Hall–Kier alpha value is -2.66. The number of thioether (sulfide) groups is 1. The van der Waals surface area contributed by atoms with Crippen LogP contribution < -0.4 is 0 Å². The first-order chi connectivity index (χ1) is 15.7. The minimum atomic E-state index is -0.482. The smallest absolute Gasteiger partial charge is 0.186 e. The summed E-state index contributed by atoms with van der Waals surface area (Å²) in [7, 11) is 0. The van der Waals surface area contributed by atoms with Crippen molar-refractivity contribution in [3.05, 3.63) is 119 Å². The third kappa shape index (κ3) is 4.44. The van der Waals surface area contributed by atoms with Crippen molar-refractivity contribution in [3.63, 3.8) is 0 Å². The second-order valence-corrected chi connectivity index (χ2v) is 9.46. The van der Waals surface area contributed by atoms with E-state index in [1.54, 1.807) is 6.92 Å². The first-order valence-corrected chi connectivity index (χ1v) is 11.9. The van der Waals surface area contributed by atoms with Crippen LogP contribution in [0.15, 0.2) is 103 Å². The molecule has 0 aliphatic carbocycles. The van der Waals surface area contributed by atoms with E-state index < -0.39 is 5.54 Å². The Labute approximate surface area is 194 Å². The highest BCUT2D eigenvalue weighted by molar-refractivity contribution is 8.14. The number of rotatable bonds is 6. The molecule has 0 spiro atoms. The Morgan fingerprint density at radius 1 is 0.938 bits per heavy atom. The molecule has 0 amide bonds. The molecule has 1 heterocycles. The van der Waals surface area contributed by atoms with E-state index in [0.29, 0.717) is 6.54 Å². The third-order valence-electron chi connectivity index (χ3n) is 6.16. The van der Waals surface area contributed by atoms with Gasteiger partial charge in [0.1, 0.15) is 0 Å². The fourth-order valence-electron chi connectivity index (χ4n) is 4.88. The molecule has 0 saturated carbocycles. The van der Waals surface area contributed by atoms with Gasteiger partial charge < -0.3 is 5.11 Å². The second-order valence-electron chi connectivity index (χ2n) is 8.08. The molecule has 1 fully saturated rings. The van der Waals surface area contributed by atoms with Crippen LogP contribution in [0.1, 0.15) is 30.0 Å². The van der Waals surface area contributed by atoms with E-state index in [1.807, 2.05) is 6.08 Å². The van der Waals surface area contributed by atoms with E-state index in [0.717, 1.165) is 18.5 Å². The molecule has 0 aromatic heterocycles. The summed E-state index contributed by atoms with van der Waals surface area (Å²) >= 11 is 1.38. The van der Waals surface area contributed by atoms with Gasteiger partial charge in [-0.15, -0.1) is 0 Å². The highest BCUT2D eigenvalue weighted by atomic mass is 32.2. The van der Waals surface area contributed by atoms with Gasteiger partial charge in [-0.2, -0.15) is 0 Å². The highest BCUT2D eigenvalue weighted by Crippen LogP contribution is 2.45. The Morgan fingerprint density at radius 2 is 1.41 bits per heavy atom. The second kappa shape index (κ2) is 10.3. The minimum Gasteiger partial charge on any atom is -0.392 e. The van der Waals surface area contributed by atoms with Gasteiger partial charge in [0.25, 0.3) is 0 Å². The number of piperidine rings is 1. The van der Waals surface area contributed by atoms with E-state index in [-0.39, 0.29) is 17.0 Å². The summed E-state index contributed by atoms with van der Waals surface area (Å²) in [5.74, 6) is 0. The normalized spacial score (nSPS) is 18.6. The average Bonchev–Trinajstić information content (AvgIpc) is 2.83. The molecule has 4 heteroatoms. The molecule has 4 rings (SSSR count). The SMILES string of the molecule is CC(=O)S[C@H]1CCN(C(c2ccccc2)(c2ccccc2)c2ccccc2)C/C1=C/CO. The number of nitrogens with zero attached hydrogens (tertiary/aromatic N) is 1. The molecule has 0 bridgehead atoms. The van der Waals surface area contributed by atoms with Crippen molar-refractivity contribution >= 4 is 16.9 Å². The highest BCUT2D eigenvalue weighted by Gasteiger charge is 2.44. The van der Waals surface area contributed by atoms with Crippen molar-refractivity contribution in [2.45, 2.75) is 24.1 Å². The number of hydrogen-bond donors (Lipinski definition) is 1. The van der Waals surface area contributed by atoms with Crippen LogP contribution in [0.25, 0.3) is 0 Å². The molecule has 32 heavy (non-hydrogen) atoms. The van der Waals surface area contributed by atoms with Crippen LogP contribution in [-0.2, 0) is 10.3 Å². The third-order valence-corrected chi connectivity index (χ3v) is 7.31. The summed E-state index contributed by atoms with van der Waals surface area (Å²) in [5.41, 5.74) is 4.26. The van der Waals surface area contributed by atoms with Crippen LogP contribution >= 0.6 is 11.8 Å². The van der Waals surface area contributed by atoms with Gasteiger partial charge >= 0.3 is 0 Å². The first-order valence-electron chi connectivity index (χ1n) is 11.0. The van der Waals surface area contributed by atoms with Crippen molar-refractivity contribution in [3.8, 4) is 0 Å². The molecular weight excluding hydrogens is 414 g/mol. The van der Waals surface area contributed by atoms with E-state index in [9.17, 15) is 9.90 Å². The van der Waals surface area contributed by atoms with Crippen molar-refractivity contribution < 1.29 is 9.90 Å². The van der Waals surface area contributed by atoms with E-state index in [4.69, 9.17) is 0 Å². The lowest BCUT2D eigenvalue weighted by Crippen LogP contribution is -2.52. The average molecular weight is 444 g/mol. The molecule has 3 aromatic carbocycles.